The molecule has 1 aromatic rings. The van der Waals surface area contributed by atoms with Gasteiger partial charge in [-0.1, -0.05) is 17.7 Å². The van der Waals surface area contributed by atoms with Gasteiger partial charge in [-0.3, -0.25) is 0 Å². The molecule has 1 aliphatic heterocycles. The van der Waals surface area contributed by atoms with Crippen molar-refractivity contribution < 1.29 is 0 Å². The van der Waals surface area contributed by atoms with Gasteiger partial charge in [-0.05, 0) is 38.9 Å². The zero-order valence-electron chi connectivity index (χ0n) is 10.5. The predicted molar refractivity (Wildman–Crippen MR) is 69.9 cm³/mol. The lowest BCUT2D eigenvalue weighted by Gasteiger charge is -2.36. The predicted octanol–water partition coefficient (Wildman–Crippen LogP) is 2.39. The van der Waals surface area contributed by atoms with Gasteiger partial charge >= 0.3 is 0 Å². The van der Waals surface area contributed by atoms with Crippen molar-refractivity contribution in [3.05, 3.63) is 29.8 Å². The second-order valence-corrected chi connectivity index (χ2v) is 4.99. The van der Waals surface area contributed by atoms with Crippen LogP contribution in [0.1, 0.15) is 18.4 Å². The van der Waals surface area contributed by atoms with E-state index in [0.29, 0.717) is 0 Å². The van der Waals surface area contributed by atoms with Gasteiger partial charge in [-0.2, -0.15) is 5.26 Å². The minimum absolute atomic E-state index is 0.387. The Morgan fingerprint density at radius 2 is 1.82 bits per heavy atom. The minimum atomic E-state index is -0.387. The average Bonchev–Trinajstić information content (AvgIpc) is 2.35. The Balaban J connectivity index is 2.10. The number of hydrogen-bond acceptors (Lipinski definition) is 3. The summed E-state index contributed by atoms with van der Waals surface area (Å²) in [6.07, 6.45) is 1.77. The van der Waals surface area contributed by atoms with Crippen LogP contribution in [-0.4, -0.2) is 30.6 Å². The first-order valence-electron chi connectivity index (χ1n) is 6.08. The van der Waals surface area contributed by atoms with E-state index >= 15 is 0 Å². The summed E-state index contributed by atoms with van der Waals surface area (Å²) < 4.78 is 0. The maximum Gasteiger partial charge on any atom is 0.127 e. The third-order valence-electron chi connectivity index (χ3n) is 3.49. The van der Waals surface area contributed by atoms with Crippen LogP contribution in [0.25, 0.3) is 0 Å². The maximum absolute atomic E-state index is 9.41. The molecule has 0 aromatic heterocycles. The number of nitrogens with zero attached hydrogens (tertiary/aromatic N) is 2. The van der Waals surface area contributed by atoms with Gasteiger partial charge < -0.3 is 10.2 Å². The highest BCUT2D eigenvalue weighted by atomic mass is 15.1. The molecule has 1 aromatic carbocycles. The van der Waals surface area contributed by atoms with Crippen LogP contribution in [0.2, 0.25) is 0 Å². The van der Waals surface area contributed by atoms with Crippen LogP contribution < -0.4 is 5.32 Å². The molecule has 0 radical (unpaired) electrons. The first-order valence-corrected chi connectivity index (χ1v) is 6.08. The van der Waals surface area contributed by atoms with Crippen LogP contribution in [-0.2, 0) is 0 Å². The van der Waals surface area contributed by atoms with Crippen molar-refractivity contribution in [3.63, 3.8) is 0 Å². The molecule has 0 amide bonds. The zero-order chi connectivity index (χ0) is 12.3. The molecule has 1 N–H and O–H groups in total. The Kier molecular flexibility index (Phi) is 3.35. The van der Waals surface area contributed by atoms with E-state index in [9.17, 15) is 5.26 Å². The van der Waals surface area contributed by atoms with Crippen molar-refractivity contribution in [2.75, 3.05) is 25.5 Å². The highest BCUT2D eigenvalue weighted by molar-refractivity contribution is 5.49. The number of aryl methyl sites for hydroxylation is 1. The fraction of sp³-hybridized carbons (Fsp3) is 0.500. The highest BCUT2D eigenvalue weighted by Crippen LogP contribution is 2.26. The fourth-order valence-electron chi connectivity index (χ4n) is 2.18. The Morgan fingerprint density at radius 1 is 1.24 bits per heavy atom. The smallest absolute Gasteiger partial charge is 0.127 e. The van der Waals surface area contributed by atoms with Crippen LogP contribution in [0.4, 0.5) is 5.69 Å². The van der Waals surface area contributed by atoms with E-state index in [2.05, 4.69) is 42.4 Å². The van der Waals surface area contributed by atoms with Crippen LogP contribution in [0.5, 0.6) is 0 Å². The summed E-state index contributed by atoms with van der Waals surface area (Å²) in [5.41, 5.74) is 1.90. The number of anilines is 1. The van der Waals surface area contributed by atoms with Crippen LogP contribution in [0.3, 0.4) is 0 Å². The molecule has 1 fully saturated rings. The van der Waals surface area contributed by atoms with Gasteiger partial charge in [0, 0.05) is 18.8 Å². The standard InChI is InChI=1S/C14H19N3/c1-12-3-5-13(6-4-12)16-14(11-15)7-9-17(2)10-8-14/h3-6,16H,7-10H2,1-2H3. The molecule has 90 valence electrons. The molecule has 1 heterocycles. The molecule has 0 unspecified atom stereocenters. The van der Waals surface area contributed by atoms with Gasteiger partial charge in [0.1, 0.15) is 5.54 Å². The third kappa shape index (κ3) is 2.78. The Hall–Kier alpha value is -1.53. The summed E-state index contributed by atoms with van der Waals surface area (Å²) in [5, 5.41) is 12.8. The zero-order valence-corrected chi connectivity index (χ0v) is 10.5. The summed E-state index contributed by atoms with van der Waals surface area (Å²) in [6.45, 7) is 4.03. The first-order chi connectivity index (χ1) is 8.13. The van der Waals surface area contributed by atoms with E-state index in [1.807, 2.05) is 12.1 Å². The molecule has 1 aliphatic rings. The summed E-state index contributed by atoms with van der Waals surface area (Å²) in [7, 11) is 2.10. The topological polar surface area (TPSA) is 39.1 Å². The molecule has 3 nitrogen and oxygen atoms in total. The van der Waals surface area contributed by atoms with Crippen molar-refractivity contribution in [1.82, 2.24) is 4.90 Å². The molecular formula is C14H19N3. The number of nitrogens with one attached hydrogen (secondary N) is 1. The van der Waals surface area contributed by atoms with Gasteiger partial charge in [0.15, 0.2) is 0 Å². The third-order valence-corrected chi connectivity index (χ3v) is 3.49. The Bertz CT molecular complexity index is 408. The van der Waals surface area contributed by atoms with E-state index in [-0.39, 0.29) is 5.54 Å². The van der Waals surface area contributed by atoms with E-state index in [1.165, 1.54) is 5.56 Å². The first kappa shape index (κ1) is 11.9. The van der Waals surface area contributed by atoms with Crippen molar-refractivity contribution in [2.45, 2.75) is 25.3 Å². The highest BCUT2D eigenvalue weighted by Gasteiger charge is 2.33. The number of rotatable bonds is 2. The lowest BCUT2D eigenvalue weighted by Crippen LogP contribution is -2.47. The summed E-state index contributed by atoms with van der Waals surface area (Å²) in [5.74, 6) is 0. The molecule has 0 saturated carbocycles. The molecular weight excluding hydrogens is 210 g/mol. The maximum atomic E-state index is 9.41. The molecule has 2 rings (SSSR count). The molecule has 0 spiro atoms. The SMILES string of the molecule is Cc1ccc(NC2(C#N)CCN(C)CC2)cc1. The molecule has 17 heavy (non-hydrogen) atoms. The van der Waals surface area contributed by atoms with E-state index in [1.54, 1.807) is 0 Å². The van der Waals surface area contributed by atoms with Gasteiger partial charge in [0.25, 0.3) is 0 Å². The Morgan fingerprint density at radius 3 is 2.35 bits per heavy atom. The van der Waals surface area contributed by atoms with Gasteiger partial charge in [-0.15, -0.1) is 0 Å². The van der Waals surface area contributed by atoms with Crippen molar-refractivity contribution >= 4 is 5.69 Å². The van der Waals surface area contributed by atoms with Crippen LogP contribution in [0, 0.1) is 18.3 Å². The second kappa shape index (κ2) is 4.77. The van der Waals surface area contributed by atoms with Crippen LogP contribution >= 0.6 is 0 Å². The van der Waals surface area contributed by atoms with Crippen molar-refractivity contribution in [1.29, 1.82) is 5.26 Å². The number of nitriles is 1. The van der Waals surface area contributed by atoms with Gasteiger partial charge in [-0.25, -0.2) is 0 Å². The monoisotopic (exact) mass is 229 g/mol. The largest absolute Gasteiger partial charge is 0.367 e. The van der Waals surface area contributed by atoms with E-state index < -0.39 is 0 Å². The lowest BCUT2D eigenvalue weighted by atomic mass is 9.89. The van der Waals surface area contributed by atoms with Crippen molar-refractivity contribution in [2.24, 2.45) is 0 Å². The van der Waals surface area contributed by atoms with E-state index in [4.69, 9.17) is 0 Å². The summed E-state index contributed by atoms with van der Waals surface area (Å²) in [4.78, 5) is 2.27. The van der Waals surface area contributed by atoms with Gasteiger partial charge in [0.05, 0.1) is 6.07 Å². The molecule has 0 bridgehead atoms. The molecule has 3 heteroatoms. The minimum Gasteiger partial charge on any atom is -0.367 e. The van der Waals surface area contributed by atoms with Crippen molar-refractivity contribution in [3.8, 4) is 6.07 Å². The molecule has 0 aliphatic carbocycles. The molecule has 1 saturated heterocycles. The quantitative estimate of drug-likeness (QED) is 0.846. The molecule has 0 atom stereocenters. The average molecular weight is 229 g/mol. The summed E-state index contributed by atoms with van der Waals surface area (Å²) >= 11 is 0. The number of piperidine rings is 1. The van der Waals surface area contributed by atoms with Gasteiger partial charge in [0.2, 0.25) is 0 Å². The number of benzene rings is 1. The number of hydrogen-bond donors (Lipinski definition) is 1. The Labute approximate surface area is 103 Å². The number of likely N-dealkylation sites (tertiary alicyclic amines) is 1. The fourth-order valence-corrected chi connectivity index (χ4v) is 2.18. The lowest BCUT2D eigenvalue weighted by molar-refractivity contribution is 0.235. The normalized spacial score (nSPS) is 19.6. The second-order valence-electron chi connectivity index (χ2n) is 4.99. The van der Waals surface area contributed by atoms with Crippen LogP contribution in [0.15, 0.2) is 24.3 Å². The summed E-state index contributed by atoms with van der Waals surface area (Å²) in [6, 6.07) is 10.7. The van der Waals surface area contributed by atoms with E-state index in [0.717, 1.165) is 31.6 Å².